The van der Waals surface area contributed by atoms with Crippen molar-refractivity contribution < 1.29 is 18.8 Å². The lowest BCUT2D eigenvalue weighted by Crippen LogP contribution is -2.26. The standard InChI is InChI=1S/C27H27FN2O4/c1-19(26(31)34-27(2,3)4)22-15-16-23(30(32)33)25(24(22)28)29(17-20-11-7-5-8-12-20)18-21-13-9-6-10-14-21/h5-16H,1,17-18H2,2-4H3. The number of rotatable bonds is 8. The average Bonchev–Trinajstić information content (AvgIpc) is 2.78. The number of anilines is 1. The molecule has 0 aliphatic carbocycles. The van der Waals surface area contributed by atoms with E-state index in [4.69, 9.17) is 4.74 Å². The first kappa shape index (κ1) is 24.6. The van der Waals surface area contributed by atoms with Crippen molar-refractivity contribution in [1.82, 2.24) is 0 Å². The molecule has 0 aromatic heterocycles. The van der Waals surface area contributed by atoms with Crippen LogP contribution in [0.5, 0.6) is 0 Å². The van der Waals surface area contributed by atoms with E-state index in [1.165, 1.54) is 12.1 Å². The summed E-state index contributed by atoms with van der Waals surface area (Å²) in [5.41, 5.74) is -0.0480. The molecule has 34 heavy (non-hydrogen) atoms. The molecule has 7 heteroatoms. The number of nitrogens with zero attached hydrogens (tertiary/aromatic N) is 2. The van der Waals surface area contributed by atoms with Crippen LogP contribution in [-0.4, -0.2) is 16.5 Å². The van der Waals surface area contributed by atoms with E-state index in [2.05, 4.69) is 6.58 Å². The molecule has 0 aliphatic heterocycles. The van der Waals surface area contributed by atoms with E-state index in [1.807, 2.05) is 60.7 Å². The van der Waals surface area contributed by atoms with Crippen molar-refractivity contribution >= 4 is 22.9 Å². The Morgan fingerprint density at radius 1 is 0.971 bits per heavy atom. The average molecular weight is 463 g/mol. The molecule has 0 spiro atoms. The van der Waals surface area contributed by atoms with Gasteiger partial charge >= 0.3 is 5.97 Å². The number of halogens is 1. The quantitative estimate of drug-likeness (QED) is 0.170. The highest BCUT2D eigenvalue weighted by molar-refractivity contribution is 6.16. The third-order valence-electron chi connectivity index (χ3n) is 5.01. The van der Waals surface area contributed by atoms with Gasteiger partial charge in [0.05, 0.1) is 10.5 Å². The minimum absolute atomic E-state index is 0.138. The Bertz CT molecular complexity index is 1150. The van der Waals surface area contributed by atoms with Crippen LogP contribution in [-0.2, 0) is 22.6 Å². The molecule has 0 bridgehead atoms. The van der Waals surface area contributed by atoms with E-state index in [-0.39, 0.29) is 29.9 Å². The lowest BCUT2D eigenvalue weighted by molar-refractivity contribution is -0.384. The number of benzene rings is 3. The van der Waals surface area contributed by atoms with Gasteiger partial charge in [0, 0.05) is 24.7 Å². The molecule has 6 nitrogen and oxygen atoms in total. The molecule has 0 aliphatic rings. The predicted octanol–water partition coefficient (Wildman–Crippen LogP) is 6.30. The molecule has 0 saturated carbocycles. The Labute approximate surface area is 198 Å². The van der Waals surface area contributed by atoms with E-state index >= 15 is 4.39 Å². The van der Waals surface area contributed by atoms with Crippen molar-refractivity contribution in [3.05, 3.63) is 112 Å². The first-order chi connectivity index (χ1) is 16.1. The molecule has 0 radical (unpaired) electrons. The summed E-state index contributed by atoms with van der Waals surface area (Å²) in [5, 5.41) is 11.9. The number of ether oxygens (including phenoxy) is 1. The molecule has 0 heterocycles. The van der Waals surface area contributed by atoms with Crippen molar-refractivity contribution in [2.45, 2.75) is 39.5 Å². The van der Waals surface area contributed by atoms with E-state index < -0.39 is 28.0 Å². The number of carbonyl (C=O) groups excluding carboxylic acids is 1. The van der Waals surface area contributed by atoms with Gasteiger partial charge in [-0.1, -0.05) is 67.2 Å². The molecule has 3 aromatic carbocycles. The third kappa shape index (κ3) is 6.07. The number of hydrogen-bond donors (Lipinski definition) is 0. The van der Waals surface area contributed by atoms with Crippen LogP contribution in [0.1, 0.15) is 37.5 Å². The van der Waals surface area contributed by atoms with Crippen LogP contribution in [0.4, 0.5) is 15.8 Å². The first-order valence-corrected chi connectivity index (χ1v) is 10.8. The van der Waals surface area contributed by atoms with Gasteiger partial charge in [-0.15, -0.1) is 0 Å². The summed E-state index contributed by atoms with van der Waals surface area (Å²) in [5.74, 6) is -1.68. The number of carbonyl (C=O) groups is 1. The minimum atomic E-state index is -0.892. The highest BCUT2D eigenvalue weighted by Crippen LogP contribution is 2.37. The van der Waals surface area contributed by atoms with Crippen molar-refractivity contribution in [2.75, 3.05) is 4.90 Å². The lowest BCUT2D eigenvalue weighted by atomic mass is 10.0. The largest absolute Gasteiger partial charge is 0.456 e. The third-order valence-corrected chi connectivity index (χ3v) is 5.01. The number of hydrogen-bond acceptors (Lipinski definition) is 5. The Kier molecular flexibility index (Phi) is 7.46. The van der Waals surface area contributed by atoms with Gasteiger partial charge in [-0.3, -0.25) is 10.1 Å². The van der Waals surface area contributed by atoms with Gasteiger partial charge in [-0.25, -0.2) is 9.18 Å². The summed E-state index contributed by atoms with van der Waals surface area (Å²) in [4.78, 5) is 25.4. The van der Waals surface area contributed by atoms with Gasteiger partial charge in [-0.2, -0.15) is 0 Å². The highest BCUT2D eigenvalue weighted by atomic mass is 19.1. The van der Waals surface area contributed by atoms with Crippen LogP contribution in [0.3, 0.4) is 0 Å². The summed E-state index contributed by atoms with van der Waals surface area (Å²) in [6, 6.07) is 21.0. The number of nitro groups is 1. The first-order valence-electron chi connectivity index (χ1n) is 10.8. The summed E-state index contributed by atoms with van der Waals surface area (Å²) in [6.45, 7) is 9.22. The Morgan fingerprint density at radius 3 is 1.91 bits per heavy atom. The van der Waals surface area contributed by atoms with Crippen LogP contribution in [0.15, 0.2) is 79.4 Å². The molecule has 3 aromatic rings. The SMILES string of the molecule is C=C(C(=O)OC(C)(C)C)c1ccc([N+](=O)[O-])c(N(Cc2ccccc2)Cc2ccccc2)c1F. The Balaban J connectivity index is 2.12. The van der Waals surface area contributed by atoms with Crippen molar-refractivity contribution in [3.8, 4) is 0 Å². The predicted molar refractivity (Wildman–Crippen MR) is 131 cm³/mol. The van der Waals surface area contributed by atoms with Gasteiger partial charge in [0.15, 0.2) is 11.5 Å². The van der Waals surface area contributed by atoms with Gasteiger partial charge in [0.2, 0.25) is 0 Å². The normalized spacial score (nSPS) is 11.1. The van der Waals surface area contributed by atoms with E-state index in [0.717, 1.165) is 11.1 Å². The highest BCUT2D eigenvalue weighted by Gasteiger charge is 2.30. The Hall–Kier alpha value is -4.00. The van der Waals surface area contributed by atoms with E-state index in [0.29, 0.717) is 0 Å². The van der Waals surface area contributed by atoms with Crippen LogP contribution in [0.2, 0.25) is 0 Å². The molecule has 3 rings (SSSR count). The molecule has 0 N–H and O–H groups in total. The molecule has 0 atom stereocenters. The topological polar surface area (TPSA) is 72.7 Å². The summed E-state index contributed by atoms with van der Waals surface area (Å²) >= 11 is 0. The smallest absolute Gasteiger partial charge is 0.338 e. The summed E-state index contributed by atoms with van der Waals surface area (Å²) < 4.78 is 21.3. The lowest BCUT2D eigenvalue weighted by Gasteiger charge is -2.26. The summed E-state index contributed by atoms with van der Waals surface area (Å²) in [7, 11) is 0. The monoisotopic (exact) mass is 462 g/mol. The van der Waals surface area contributed by atoms with Crippen LogP contribution >= 0.6 is 0 Å². The van der Waals surface area contributed by atoms with Crippen LogP contribution in [0, 0.1) is 15.9 Å². The van der Waals surface area contributed by atoms with Gasteiger partial charge in [-0.05, 0) is 38.0 Å². The van der Waals surface area contributed by atoms with Crippen molar-refractivity contribution in [2.24, 2.45) is 0 Å². The zero-order valence-corrected chi connectivity index (χ0v) is 19.5. The zero-order valence-electron chi connectivity index (χ0n) is 19.5. The van der Waals surface area contributed by atoms with E-state index in [1.54, 1.807) is 25.7 Å². The maximum atomic E-state index is 16.0. The molecule has 176 valence electrons. The maximum Gasteiger partial charge on any atom is 0.338 e. The second-order valence-corrected chi connectivity index (χ2v) is 8.86. The molecule has 0 amide bonds. The second-order valence-electron chi connectivity index (χ2n) is 8.86. The van der Waals surface area contributed by atoms with Gasteiger partial charge in [0.1, 0.15) is 5.60 Å². The van der Waals surface area contributed by atoms with Crippen LogP contribution < -0.4 is 4.90 Å². The maximum absolute atomic E-state index is 16.0. The Morgan fingerprint density at radius 2 is 1.47 bits per heavy atom. The van der Waals surface area contributed by atoms with Crippen LogP contribution in [0.25, 0.3) is 5.57 Å². The molecule has 0 saturated heterocycles. The fourth-order valence-electron chi connectivity index (χ4n) is 3.51. The number of nitro benzene ring substituents is 1. The van der Waals surface area contributed by atoms with Crippen molar-refractivity contribution in [1.29, 1.82) is 0 Å². The fourth-order valence-corrected chi connectivity index (χ4v) is 3.51. The molecule has 0 unspecified atom stereocenters. The van der Waals surface area contributed by atoms with E-state index in [9.17, 15) is 14.9 Å². The zero-order chi connectivity index (χ0) is 24.9. The summed E-state index contributed by atoms with van der Waals surface area (Å²) in [6.07, 6.45) is 0. The van der Waals surface area contributed by atoms with Gasteiger partial charge < -0.3 is 9.64 Å². The van der Waals surface area contributed by atoms with Crippen molar-refractivity contribution in [3.63, 3.8) is 0 Å². The fraction of sp³-hybridized carbons (Fsp3) is 0.222. The molecular formula is C27H27FN2O4. The molecule has 0 fully saturated rings. The van der Waals surface area contributed by atoms with Gasteiger partial charge in [0.25, 0.3) is 5.69 Å². The minimum Gasteiger partial charge on any atom is -0.456 e. The number of esters is 1. The molecular weight excluding hydrogens is 435 g/mol. The second kappa shape index (κ2) is 10.3.